The van der Waals surface area contributed by atoms with Gasteiger partial charge in [-0.3, -0.25) is 0 Å². The highest BCUT2D eigenvalue weighted by molar-refractivity contribution is 7.91. The fraction of sp³-hybridized carbons (Fsp3) is 0.286. The van der Waals surface area contributed by atoms with Crippen LogP contribution in [0.4, 0.5) is 11.5 Å². The molecule has 0 saturated heterocycles. The molecule has 0 bridgehead atoms. The predicted molar refractivity (Wildman–Crippen MR) is 114 cm³/mol. The summed E-state index contributed by atoms with van der Waals surface area (Å²) in [7, 11) is -3.29. The molecule has 0 fully saturated rings. The standard InChI is InChI=1S/C21H24N4O2S/c1-15-6-7-18-17(12-15)19(23-9-8-22)13-21(24-18)25-10-11-28(26,27)20-5-3-2-4-16(20)14-25/h2-7,12-13H,8-11,14,22H2,1H3,(H,23,24). The Morgan fingerprint density at radius 3 is 2.82 bits per heavy atom. The Labute approximate surface area is 165 Å². The zero-order valence-corrected chi connectivity index (χ0v) is 16.7. The van der Waals surface area contributed by atoms with Crippen LogP contribution in [0.2, 0.25) is 0 Å². The van der Waals surface area contributed by atoms with Crippen LogP contribution in [0, 0.1) is 6.92 Å². The fourth-order valence-corrected chi connectivity index (χ4v) is 5.10. The summed E-state index contributed by atoms with van der Waals surface area (Å²) in [5, 5.41) is 4.43. The lowest BCUT2D eigenvalue weighted by atomic mass is 10.1. The lowest BCUT2D eigenvalue weighted by Crippen LogP contribution is -2.26. The molecule has 2 heterocycles. The Kier molecular flexibility index (Phi) is 4.95. The molecule has 2 aromatic carbocycles. The van der Waals surface area contributed by atoms with Gasteiger partial charge in [0.15, 0.2) is 9.84 Å². The number of hydrogen-bond donors (Lipinski definition) is 2. The molecule has 0 atom stereocenters. The van der Waals surface area contributed by atoms with Crippen molar-refractivity contribution in [3.63, 3.8) is 0 Å². The van der Waals surface area contributed by atoms with E-state index in [1.54, 1.807) is 12.1 Å². The highest BCUT2D eigenvalue weighted by Gasteiger charge is 2.26. The molecule has 146 valence electrons. The zero-order chi connectivity index (χ0) is 19.7. The number of nitrogens with zero attached hydrogens (tertiary/aromatic N) is 2. The highest BCUT2D eigenvalue weighted by atomic mass is 32.2. The number of rotatable bonds is 4. The first kappa shape index (κ1) is 18.7. The molecule has 28 heavy (non-hydrogen) atoms. The summed E-state index contributed by atoms with van der Waals surface area (Å²) in [4.78, 5) is 7.30. The van der Waals surface area contributed by atoms with Crippen LogP contribution in [0.1, 0.15) is 11.1 Å². The Morgan fingerprint density at radius 2 is 2.00 bits per heavy atom. The molecular weight excluding hydrogens is 372 g/mol. The van der Waals surface area contributed by atoms with E-state index in [0.29, 0.717) is 31.1 Å². The largest absolute Gasteiger partial charge is 0.383 e. The molecule has 0 unspecified atom stereocenters. The van der Waals surface area contributed by atoms with Gasteiger partial charge in [-0.05, 0) is 30.7 Å². The van der Waals surface area contributed by atoms with E-state index >= 15 is 0 Å². The molecule has 7 heteroatoms. The van der Waals surface area contributed by atoms with Crippen molar-refractivity contribution in [2.24, 2.45) is 5.73 Å². The Balaban J connectivity index is 1.80. The second-order valence-electron chi connectivity index (χ2n) is 7.11. The van der Waals surface area contributed by atoms with Crippen LogP contribution in [0.3, 0.4) is 0 Å². The van der Waals surface area contributed by atoms with Crippen LogP contribution in [0.15, 0.2) is 53.4 Å². The van der Waals surface area contributed by atoms with Gasteiger partial charge in [0.1, 0.15) is 5.82 Å². The Bertz CT molecular complexity index is 1130. The molecule has 1 aliphatic heterocycles. The summed E-state index contributed by atoms with van der Waals surface area (Å²) in [6.07, 6.45) is 0. The first-order valence-corrected chi connectivity index (χ1v) is 11.0. The molecule has 6 nitrogen and oxygen atoms in total. The molecule has 3 aromatic rings. The van der Waals surface area contributed by atoms with Crippen molar-refractivity contribution in [2.75, 3.05) is 35.6 Å². The van der Waals surface area contributed by atoms with E-state index in [0.717, 1.165) is 33.5 Å². The van der Waals surface area contributed by atoms with Gasteiger partial charge in [0.05, 0.1) is 16.2 Å². The number of nitrogens with one attached hydrogen (secondary N) is 1. The molecule has 1 aliphatic rings. The summed E-state index contributed by atoms with van der Waals surface area (Å²) in [5.41, 5.74) is 9.49. The maximum absolute atomic E-state index is 12.7. The number of benzene rings is 2. The van der Waals surface area contributed by atoms with Crippen molar-refractivity contribution >= 4 is 32.2 Å². The summed E-state index contributed by atoms with van der Waals surface area (Å²) in [6.45, 7) is 4.15. The lowest BCUT2D eigenvalue weighted by molar-refractivity contribution is 0.596. The average Bonchev–Trinajstić information content (AvgIpc) is 2.82. The number of pyridine rings is 1. The summed E-state index contributed by atoms with van der Waals surface area (Å²) >= 11 is 0. The minimum atomic E-state index is -3.29. The van der Waals surface area contributed by atoms with Crippen molar-refractivity contribution in [1.82, 2.24) is 4.98 Å². The molecule has 0 spiro atoms. The van der Waals surface area contributed by atoms with E-state index < -0.39 is 9.84 Å². The van der Waals surface area contributed by atoms with Crippen LogP contribution in [0.25, 0.3) is 10.9 Å². The van der Waals surface area contributed by atoms with Crippen molar-refractivity contribution in [3.8, 4) is 0 Å². The highest BCUT2D eigenvalue weighted by Crippen LogP contribution is 2.31. The molecule has 0 amide bonds. The molecule has 0 aliphatic carbocycles. The van der Waals surface area contributed by atoms with Crippen LogP contribution < -0.4 is 16.0 Å². The second kappa shape index (κ2) is 7.41. The first-order valence-electron chi connectivity index (χ1n) is 9.39. The third-order valence-electron chi connectivity index (χ3n) is 5.03. The molecule has 4 rings (SSSR count). The number of sulfone groups is 1. The van der Waals surface area contributed by atoms with Gasteiger partial charge in [0.25, 0.3) is 0 Å². The van der Waals surface area contributed by atoms with Crippen molar-refractivity contribution in [3.05, 3.63) is 59.7 Å². The normalized spacial score (nSPS) is 15.9. The quantitative estimate of drug-likeness (QED) is 0.705. The number of fused-ring (bicyclic) bond motifs is 2. The topological polar surface area (TPSA) is 88.3 Å². The molecular formula is C21H24N4O2S. The fourth-order valence-electron chi connectivity index (χ4n) is 3.60. The van der Waals surface area contributed by atoms with E-state index in [9.17, 15) is 8.42 Å². The lowest BCUT2D eigenvalue weighted by Gasteiger charge is -2.23. The number of nitrogens with two attached hydrogens (primary N) is 1. The minimum absolute atomic E-state index is 0.0726. The maximum Gasteiger partial charge on any atom is 0.180 e. The van der Waals surface area contributed by atoms with Gasteiger partial charge in [-0.25, -0.2) is 13.4 Å². The monoisotopic (exact) mass is 396 g/mol. The van der Waals surface area contributed by atoms with Crippen molar-refractivity contribution in [1.29, 1.82) is 0 Å². The number of aromatic nitrogens is 1. The molecule has 3 N–H and O–H groups in total. The van der Waals surface area contributed by atoms with Crippen LogP contribution in [0.5, 0.6) is 0 Å². The first-order chi connectivity index (χ1) is 13.5. The molecule has 1 aromatic heterocycles. The van der Waals surface area contributed by atoms with E-state index in [1.165, 1.54) is 0 Å². The van der Waals surface area contributed by atoms with E-state index in [-0.39, 0.29) is 5.75 Å². The summed E-state index contributed by atoms with van der Waals surface area (Å²) in [5.74, 6) is 0.839. The summed E-state index contributed by atoms with van der Waals surface area (Å²) < 4.78 is 25.3. The number of anilines is 2. The Morgan fingerprint density at radius 1 is 1.18 bits per heavy atom. The SMILES string of the molecule is Cc1ccc2nc(N3CCS(=O)(=O)c4ccccc4C3)cc(NCCN)c2c1. The van der Waals surface area contributed by atoms with E-state index in [4.69, 9.17) is 10.7 Å². The second-order valence-corrected chi connectivity index (χ2v) is 9.19. The molecule has 0 saturated carbocycles. The van der Waals surface area contributed by atoms with Gasteiger partial charge in [-0.2, -0.15) is 0 Å². The Hall–Kier alpha value is -2.64. The van der Waals surface area contributed by atoms with Gasteiger partial charge < -0.3 is 16.0 Å². The number of aryl methyl sites for hydroxylation is 1. The van der Waals surface area contributed by atoms with Gasteiger partial charge in [0, 0.05) is 43.3 Å². The van der Waals surface area contributed by atoms with Gasteiger partial charge >= 0.3 is 0 Å². The van der Waals surface area contributed by atoms with Crippen molar-refractivity contribution in [2.45, 2.75) is 18.4 Å². The van der Waals surface area contributed by atoms with Crippen LogP contribution in [-0.2, 0) is 16.4 Å². The average molecular weight is 397 g/mol. The zero-order valence-electron chi connectivity index (χ0n) is 15.9. The van der Waals surface area contributed by atoms with E-state index in [1.807, 2.05) is 35.2 Å². The van der Waals surface area contributed by atoms with Crippen molar-refractivity contribution < 1.29 is 8.42 Å². The number of hydrogen-bond acceptors (Lipinski definition) is 6. The third kappa shape index (κ3) is 3.55. The third-order valence-corrected chi connectivity index (χ3v) is 6.82. The van der Waals surface area contributed by atoms with Crippen LogP contribution >= 0.6 is 0 Å². The minimum Gasteiger partial charge on any atom is -0.383 e. The predicted octanol–water partition coefficient (Wildman–Crippen LogP) is 2.71. The summed E-state index contributed by atoms with van der Waals surface area (Å²) in [6, 6.07) is 15.4. The van der Waals surface area contributed by atoms with Crippen LogP contribution in [-0.4, -0.2) is 38.8 Å². The molecule has 0 radical (unpaired) electrons. The van der Waals surface area contributed by atoms with Gasteiger partial charge in [-0.1, -0.05) is 29.8 Å². The maximum atomic E-state index is 12.7. The van der Waals surface area contributed by atoms with E-state index in [2.05, 4.69) is 18.3 Å². The van der Waals surface area contributed by atoms with Gasteiger partial charge in [-0.15, -0.1) is 0 Å². The smallest absolute Gasteiger partial charge is 0.180 e. The van der Waals surface area contributed by atoms with Gasteiger partial charge in [0.2, 0.25) is 0 Å².